The number of nitrogens with zero attached hydrogens (tertiary/aromatic N) is 2. The van der Waals surface area contributed by atoms with E-state index in [1.807, 2.05) is 12.1 Å². The number of carbonyl (C=O) groups is 2. The van der Waals surface area contributed by atoms with Crippen molar-refractivity contribution in [1.29, 1.82) is 0 Å². The largest absolute Gasteiger partial charge is 0.482 e. The number of para-hydroxylation sites is 1. The highest BCUT2D eigenvalue weighted by molar-refractivity contribution is 6.32. The van der Waals surface area contributed by atoms with Gasteiger partial charge in [-0.05, 0) is 47.0 Å². The quantitative estimate of drug-likeness (QED) is 0.308. The minimum atomic E-state index is -0.967. The number of benzene rings is 3. The van der Waals surface area contributed by atoms with Gasteiger partial charge < -0.3 is 15.0 Å². The lowest BCUT2D eigenvalue weighted by Gasteiger charge is -2.31. The van der Waals surface area contributed by atoms with Crippen LogP contribution in [0.5, 0.6) is 5.75 Å². The van der Waals surface area contributed by atoms with Crippen LogP contribution in [0.3, 0.4) is 0 Å². The molecule has 3 aromatic carbocycles. The molecule has 1 N–H and O–H groups in total. The molecule has 0 saturated carbocycles. The van der Waals surface area contributed by atoms with E-state index in [2.05, 4.69) is 10.3 Å². The van der Waals surface area contributed by atoms with Crippen molar-refractivity contribution in [2.45, 2.75) is 19.1 Å². The first-order chi connectivity index (χ1) is 18.0. The van der Waals surface area contributed by atoms with Crippen LogP contribution in [0.1, 0.15) is 22.7 Å². The Kier molecular flexibility index (Phi) is 8.84. The minimum Gasteiger partial charge on any atom is -0.482 e. The van der Waals surface area contributed by atoms with Crippen LogP contribution in [0.2, 0.25) is 5.02 Å². The van der Waals surface area contributed by atoms with Gasteiger partial charge in [0.25, 0.3) is 5.91 Å². The zero-order valence-corrected chi connectivity index (χ0v) is 20.6. The fourth-order valence-corrected chi connectivity index (χ4v) is 3.98. The van der Waals surface area contributed by atoms with Crippen LogP contribution in [0.15, 0.2) is 103 Å². The molecule has 1 atom stereocenters. The van der Waals surface area contributed by atoms with Crippen molar-refractivity contribution in [1.82, 2.24) is 15.2 Å². The maximum absolute atomic E-state index is 13.6. The lowest BCUT2D eigenvalue weighted by molar-refractivity contribution is -0.143. The molecular weight excluding hydrogens is 493 g/mol. The molecule has 2 amide bonds. The highest BCUT2D eigenvalue weighted by Gasteiger charge is 2.32. The number of carbonyl (C=O) groups excluding carboxylic acids is 2. The maximum Gasteiger partial charge on any atom is 0.261 e. The van der Waals surface area contributed by atoms with E-state index in [-0.39, 0.29) is 25.6 Å². The Labute approximate surface area is 219 Å². The number of nitrogens with one attached hydrogen (secondary N) is 1. The lowest BCUT2D eigenvalue weighted by atomic mass is 10.0. The Morgan fingerprint density at radius 2 is 1.65 bits per heavy atom. The molecule has 4 rings (SSSR count). The second-order valence-electron chi connectivity index (χ2n) is 8.26. The third-order valence-corrected chi connectivity index (χ3v) is 5.95. The monoisotopic (exact) mass is 517 g/mol. The first-order valence-electron chi connectivity index (χ1n) is 11.6. The third kappa shape index (κ3) is 7.15. The van der Waals surface area contributed by atoms with Gasteiger partial charge in [0.15, 0.2) is 6.61 Å². The SMILES string of the molecule is O=C(NCc1cccnc1)[C@H](c1ccccc1)N(Cc1ccc(F)cc1)C(=O)COc1ccccc1Cl. The summed E-state index contributed by atoms with van der Waals surface area (Å²) in [5.74, 6) is -0.841. The molecule has 0 spiro atoms. The second-order valence-corrected chi connectivity index (χ2v) is 8.67. The van der Waals surface area contributed by atoms with Crippen molar-refractivity contribution in [3.05, 3.63) is 131 Å². The number of halogens is 2. The Balaban J connectivity index is 1.63. The van der Waals surface area contributed by atoms with Crippen molar-refractivity contribution in [2.24, 2.45) is 0 Å². The molecule has 0 aliphatic rings. The van der Waals surface area contributed by atoms with Gasteiger partial charge in [0.05, 0.1) is 5.02 Å². The van der Waals surface area contributed by atoms with Crippen LogP contribution in [-0.2, 0) is 22.7 Å². The van der Waals surface area contributed by atoms with Gasteiger partial charge in [-0.1, -0.05) is 72.3 Å². The predicted molar refractivity (Wildman–Crippen MR) is 139 cm³/mol. The summed E-state index contributed by atoms with van der Waals surface area (Å²) in [7, 11) is 0. The standard InChI is InChI=1S/C29H25ClFN3O3/c30-25-10-4-5-11-26(25)37-20-27(35)34(19-21-12-14-24(31)15-13-21)28(23-8-2-1-3-9-23)29(36)33-18-22-7-6-16-32-17-22/h1-17,28H,18-20H2,(H,33,36)/t28-/m0/s1. The Morgan fingerprint density at radius 3 is 2.35 bits per heavy atom. The zero-order valence-electron chi connectivity index (χ0n) is 19.9. The van der Waals surface area contributed by atoms with Gasteiger partial charge in [-0.15, -0.1) is 0 Å². The van der Waals surface area contributed by atoms with Crippen LogP contribution >= 0.6 is 11.6 Å². The van der Waals surface area contributed by atoms with Gasteiger partial charge in [-0.3, -0.25) is 14.6 Å². The molecule has 0 aliphatic heterocycles. The molecule has 1 heterocycles. The van der Waals surface area contributed by atoms with Gasteiger partial charge in [-0.2, -0.15) is 0 Å². The van der Waals surface area contributed by atoms with E-state index < -0.39 is 17.8 Å². The average Bonchev–Trinajstić information content (AvgIpc) is 2.93. The number of aromatic nitrogens is 1. The summed E-state index contributed by atoms with van der Waals surface area (Å²) in [4.78, 5) is 32.7. The summed E-state index contributed by atoms with van der Waals surface area (Å²) in [6, 6.07) is 24.3. The fraction of sp³-hybridized carbons (Fsp3) is 0.138. The van der Waals surface area contributed by atoms with E-state index in [4.69, 9.17) is 16.3 Å². The van der Waals surface area contributed by atoms with Crippen LogP contribution in [-0.4, -0.2) is 28.3 Å². The molecular formula is C29H25ClFN3O3. The van der Waals surface area contributed by atoms with Crippen LogP contribution in [0, 0.1) is 5.82 Å². The summed E-state index contributed by atoms with van der Waals surface area (Å²) in [5.41, 5.74) is 2.11. The Morgan fingerprint density at radius 1 is 0.919 bits per heavy atom. The summed E-state index contributed by atoms with van der Waals surface area (Å²) < 4.78 is 19.3. The highest BCUT2D eigenvalue weighted by atomic mass is 35.5. The van der Waals surface area contributed by atoms with Crippen molar-refractivity contribution in [2.75, 3.05) is 6.61 Å². The van der Waals surface area contributed by atoms with Crippen molar-refractivity contribution >= 4 is 23.4 Å². The molecule has 6 nitrogen and oxygen atoms in total. The van der Waals surface area contributed by atoms with Gasteiger partial charge in [-0.25, -0.2) is 4.39 Å². The third-order valence-electron chi connectivity index (χ3n) is 5.64. The summed E-state index contributed by atoms with van der Waals surface area (Å²) in [6.45, 7) is -0.0419. The molecule has 0 saturated heterocycles. The molecule has 1 aromatic heterocycles. The Bertz CT molecular complexity index is 1320. The van der Waals surface area contributed by atoms with E-state index in [1.54, 1.807) is 79.1 Å². The average molecular weight is 518 g/mol. The molecule has 0 fully saturated rings. The highest BCUT2D eigenvalue weighted by Crippen LogP contribution is 2.26. The van der Waals surface area contributed by atoms with Crippen LogP contribution in [0.4, 0.5) is 4.39 Å². The molecule has 0 bridgehead atoms. The van der Waals surface area contributed by atoms with Crippen molar-refractivity contribution in [3.63, 3.8) is 0 Å². The van der Waals surface area contributed by atoms with E-state index in [1.165, 1.54) is 17.0 Å². The first kappa shape index (κ1) is 25.9. The molecule has 4 aromatic rings. The van der Waals surface area contributed by atoms with E-state index in [9.17, 15) is 14.0 Å². The van der Waals surface area contributed by atoms with Gasteiger partial charge in [0, 0.05) is 25.5 Å². The number of pyridine rings is 1. The molecule has 188 valence electrons. The normalized spacial score (nSPS) is 11.4. The van der Waals surface area contributed by atoms with Crippen LogP contribution < -0.4 is 10.1 Å². The number of hydrogen-bond acceptors (Lipinski definition) is 4. The van der Waals surface area contributed by atoms with Gasteiger partial charge in [0.2, 0.25) is 5.91 Å². The maximum atomic E-state index is 13.6. The van der Waals surface area contributed by atoms with Gasteiger partial charge in [0.1, 0.15) is 17.6 Å². The molecule has 37 heavy (non-hydrogen) atoms. The number of rotatable bonds is 10. The first-order valence-corrected chi connectivity index (χ1v) is 12.0. The summed E-state index contributed by atoms with van der Waals surface area (Å²) in [6.07, 6.45) is 3.32. The number of amides is 2. The topological polar surface area (TPSA) is 71.5 Å². The summed E-state index contributed by atoms with van der Waals surface area (Å²) >= 11 is 6.19. The minimum absolute atomic E-state index is 0.0604. The predicted octanol–water partition coefficient (Wildman–Crippen LogP) is 5.34. The van der Waals surface area contributed by atoms with Crippen molar-refractivity contribution < 1.29 is 18.7 Å². The zero-order chi connectivity index (χ0) is 26.0. The molecule has 0 unspecified atom stereocenters. The smallest absolute Gasteiger partial charge is 0.261 e. The molecule has 0 radical (unpaired) electrons. The molecule has 8 heteroatoms. The summed E-state index contributed by atoms with van der Waals surface area (Å²) in [5, 5.41) is 3.29. The lowest BCUT2D eigenvalue weighted by Crippen LogP contribution is -2.45. The Hall–Kier alpha value is -4.23. The van der Waals surface area contributed by atoms with Crippen molar-refractivity contribution in [3.8, 4) is 5.75 Å². The van der Waals surface area contributed by atoms with E-state index in [0.29, 0.717) is 21.9 Å². The van der Waals surface area contributed by atoms with Gasteiger partial charge >= 0.3 is 0 Å². The second kappa shape index (κ2) is 12.6. The molecule has 0 aliphatic carbocycles. The fourth-order valence-electron chi connectivity index (χ4n) is 3.79. The van der Waals surface area contributed by atoms with Crippen LogP contribution in [0.25, 0.3) is 0 Å². The van der Waals surface area contributed by atoms with E-state index >= 15 is 0 Å². The van der Waals surface area contributed by atoms with E-state index in [0.717, 1.165) is 5.56 Å². The number of hydrogen-bond donors (Lipinski definition) is 1. The number of ether oxygens (including phenoxy) is 1.